The van der Waals surface area contributed by atoms with Crippen LogP contribution in [-0.2, 0) is 0 Å². The Morgan fingerprint density at radius 1 is 1.27 bits per heavy atom. The molecule has 2 aromatic heterocycles. The molecule has 0 aliphatic heterocycles. The molecule has 7 heteroatoms. The normalized spacial score (nSPS) is 12.5. The van der Waals surface area contributed by atoms with Crippen LogP contribution in [0.3, 0.4) is 0 Å². The number of H-pyrrole nitrogens is 1. The minimum absolute atomic E-state index is 0.143. The van der Waals surface area contributed by atoms with E-state index in [-0.39, 0.29) is 29.2 Å². The standard InChI is InChI=1S/C19H22N4O3/c1-10(2)12-4-6-13(7-5-12)14(20)8-21-17(24)15-11(3)26-19-16(15)18(25)22-9-23-19/h4-7,9-10,14H,8,20H2,1-3H3,(H,21,24)(H,22,23,25). The number of benzene rings is 1. The van der Waals surface area contributed by atoms with Crippen LogP contribution in [-0.4, -0.2) is 22.4 Å². The Bertz CT molecular complexity index is 986. The van der Waals surface area contributed by atoms with E-state index in [1.165, 1.54) is 11.9 Å². The maximum Gasteiger partial charge on any atom is 0.262 e. The maximum absolute atomic E-state index is 12.6. The summed E-state index contributed by atoms with van der Waals surface area (Å²) in [4.78, 5) is 31.0. The molecular weight excluding hydrogens is 332 g/mol. The second-order valence-corrected chi connectivity index (χ2v) is 6.58. The van der Waals surface area contributed by atoms with Gasteiger partial charge in [-0.15, -0.1) is 0 Å². The Hall–Kier alpha value is -2.93. The van der Waals surface area contributed by atoms with Crippen LogP contribution in [0.15, 0.2) is 39.8 Å². The van der Waals surface area contributed by atoms with Crippen molar-refractivity contribution in [1.82, 2.24) is 15.3 Å². The summed E-state index contributed by atoms with van der Waals surface area (Å²) in [5.41, 5.74) is 8.28. The highest BCUT2D eigenvalue weighted by Crippen LogP contribution is 2.21. The Morgan fingerprint density at radius 2 is 1.92 bits per heavy atom. The fraction of sp³-hybridized carbons (Fsp3) is 0.316. The second-order valence-electron chi connectivity index (χ2n) is 6.58. The topological polar surface area (TPSA) is 114 Å². The number of furan rings is 1. The Kier molecular flexibility index (Phi) is 4.90. The van der Waals surface area contributed by atoms with Crippen LogP contribution in [0.5, 0.6) is 0 Å². The Labute approximate surface area is 150 Å². The van der Waals surface area contributed by atoms with E-state index in [9.17, 15) is 9.59 Å². The quantitative estimate of drug-likeness (QED) is 0.651. The van der Waals surface area contributed by atoms with Crippen molar-refractivity contribution in [2.24, 2.45) is 5.73 Å². The fourth-order valence-corrected chi connectivity index (χ4v) is 2.86. The molecule has 3 rings (SSSR count). The van der Waals surface area contributed by atoms with Crippen molar-refractivity contribution in [3.8, 4) is 0 Å². The lowest BCUT2D eigenvalue weighted by molar-refractivity contribution is 0.0951. The molecule has 7 nitrogen and oxygen atoms in total. The van der Waals surface area contributed by atoms with Gasteiger partial charge in [0, 0.05) is 12.6 Å². The summed E-state index contributed by atoms with van der Waals surface area (Å²) in [6, 6.07) is 7.68. The Balaban J connectivity index is 1.75. The van der Waals surface area contributed by atoms with Gasteiger partial charge in [-0.3, -0.25) is 9.59 Å². The monoisotopic (exact) mass is 354 g/mol. The van der Waals surface area contributed by atoms with Crippen molar-refractivity contribution < 1.29 is 9.21 Å². The van der Waals surface area contributed by atoms with Crippen LogP contribution >= 0.6 is 0 Å². The lowest BCUT2D eigenvalue weighted by Crippen LogP contribution is -2.32. The molecule has 1 atom stereocenters. The highest BCUT2D eigenvalue weighted by atomic mass is 16.3. The zero-order valence-corrected chi connectivity index (χ0v) is 15.0. The third kappa shape index (κ3) is 3.39. The number of hydrogen-bond acceptors (Lipinski definition) is 5. The third-order valence-corrected chi connectivity index (χ3v) is 4.41. The SMILES string of the molecule is Cc1oc2nc[nH]c(=O)c2c1C(=O)NCC(N)c1ccc(C(C)C)cc1. The molecule has 2 heterocycles. The summed E-state index contributed by atoms with van der Waals surface area (Å²) in [6.45, 7) is 6.12. The number of aromatic nitrogens is 2. The lowest BCUT2D eigenvalue weighted by Gasteiger charge is -2.14. The second kappa shape index (κ2) is 7.13. The van der Waals surface area contributed by atoms with Crippen molar-refractivity contribution in [3.05, 3.63) is 63.4 Å². The molecule has 1 unspecified atom stereocenters. The minimum Gasteiger partial charge on any atom is -0.442 e. The molecule has 0 aliphatic rings. The number of aryl methyl sites for hydroxylation is 1. The summed E-state index contributed by atoms with van der Waals surface area (Å²) in [5.74, 6) is 0.384. The van der Waals surface area contributed by atoms with Gasteiger partial charge in [0.1, 0.15) is 11.1 Å². The fourth-order valence-electron chi connectivity index (χ4n) is 2.86. The molecule has 3 aromatic rings. The van der Waals surface area contributed by atoms with E-state index < -0.39 is 11.5 Å². The van der Waals surface area contributed by atoms with Crippen LogP contribution in [0.2, 0.25) is 0 Å². The van der Waals surface area contributed by atoms with Gasteiger partial charge in [-0.1, -0.05) is 38.1 Å². The first-order valence-electron chi connectivity index (χ1n) is 8.49. The van der Waals surface area contributed by atoms with Gasteiger partial charge in [-0.2, -0.15) is 0 Å². The van der Waals surface area contributed by atoms with Gasteiger partial charge in [0.25, 0.3) is 11.5 Å². The average molecular weight is 354 g/mol. The van der Waals surface area contributed by atoms with Crippen molar-refractivity contribution in [3.63, 3.8) is 0 Å². The first-order chi connectivity index (χ1) is 12.4. The average Bonchev–Trinajstić information content (AvgIpc) is 2.96. The Morgan fingerprint density at radius 3 is 2.58 bits per heavy atom. The van der Waals surface area contributed by atoms with Crippen molar-refractivity contribution >= 4 is 17.0 Å². The van der Waals surface area contributed by atoms with Gasteiger partial charge in [-0.05, 0) is 24.0 Å². The van der Waals surface area contributed by atoms with Gasteiger partial charge < -0.3 is 20.5 Å². The number of rotatable bonds is 5. The first-order valence-corrected chi connectivity index (χ1v) is 8.49. The molecule has 26 heavy (non-hydrogen) atoms. The lowest BCUT2D eigenvalue weighted by atomic mass is 9.99. The molecule has 0 spiro atoms. The molecule has 0 fully saturated rings. The van der Waals surface area contributed by atoms with E-state index in [1.807, 2.05) is 24.3 Å². The predicted molar refractivity (Wildman–Crippen MR) is 99.2 cm³/mol. The largest absolute Gasteiger partial charge is 0.442 e. The van der Waals surface area contributed by atoms with Gasteiger partial charge in [-0.25, -0.2) is 4.98 Å². The van der Waals surface area contributed by atoms with E-state index in [4.69, 9.17) is 10.2 Å². The number of fused-ring (bicyclic) bond motifs is 1. The summed E-state index contributed by atoms with van der Waals surface area (Å²) in [7, 11) is 0. The molecule has 4 N–H and O–H groups in total. The smallest absolute Gasteiger partial charge is 0.262 e. The third-order valence-electron chi connectivity index (χ3n) is 4.41. The first kappa shape index (κ1) is 17.9. The summed E-state index contributed by atoms with van der Waals surface area (Å²) < 4.78 is 5.40. The zero-order chi connectivity index (χ0) is 18.8. The van der Waals surface area contributed by atoms with E-state index >= 15 is 0 Å². The number of amides is 1. The van der Waals surface area contributed by atoms with Crippen molar-refractivity contribution in [2.75, 3.05) is 6.54 Å². The number of carbonyl (C=O) groups is 1. The molecule has 1 amide bonds. The number of carbonyl (C=O) groups excluding carboxylic acids is 1. The molecule has 136 valence electrons. The van der Waals surface area contributed by atoms with Crippen LogP contribution in [0, 0.1) is 6.92 Å². The highest BCUT2D eigenvalue weighted by Gasteiger charge is 2.22. The zero-order valence-electron chi connectivity index (χ0n) is 15.0. The van der Waals surface area contributed by atoms with Gasteiger partial charge in [0.15, 0.2) is 0 Å². The molecular formula is C19H22N4O3. The minimum atomic E-state index is -0.412. The van der Waals surface area contributed by atoms with Crippen LogP contribution in [0.25, 0.3) is 11.1 Å². The molecule has 0 saturated carbocycles. The van der Waals surface area contributed by atoms with Crippen LogP contribution in [0.4, 0.5) is 0 Å². The maximum atomic E-state index is 12.6. The van der Waals surface area contributed by atoms with E-state index in [0.29, 0.717) is 11.7 Å². The summed E-state index contributed by atoms with van der Waals surface area (Å²) in [5, 5.41) is 2.93. The van der Waals surface area contributed by atoms with Crippen molar-refractivity contribution in [2.45, 2.75) is 32.7 Å². The van der Waals surface area contributed by atoms with Crippen LogP contribution in [0.1, 0.15) is 53.1 Å². The van der Waals surface area contributed by atoms with Crippen LogP contribution < -0.4 is 16.6 Å². The highest BCUT2D eigenvalue weighted by molar-refractivity contribution is 6.06. The molecule has 0 radical (unpaired) electrons. The summed E-state index contributed by atoms with van der Waals surface area (Å²) >= 11 is 0. The number of nitrogens with one attached hydrogen (secondary N) is 2. The number of hydrogen-bond donors (Lipinski definition) is 3. The van der Waals surface area contributed by atoms with E-state index in [1.54, 1.807) is 6.92 Å². The van der Waals surface area contributed by atoms with Crippen molar-refractivity contribution in [1.29, 1.82) is 0 Å². The molecule has 0 aliphatic carbocycles. The number of nitrogens with two attached hydrogens (primary N) is 1. The summed E-state index contributed by atoms with van der Waals surface area (Å²) in [6.07, 6.45) is 1.24. The van der Waals surface area contributed by atoms with Gasteiger partial charge in [0.05, 0.1) is 11.9 Å². The molecule has 1 aromatic carbocycles. The molecule has 0 bridgehead atoms. The predicted octanol–water partition coefficient (Wildman–Crippen LogP) is 2.38. The molecule has 0 saturated heterocycles. The van der Waals surface area contributed by atoms with Gasteiger partial charge in [0.2, 0.25) is 5.71 Å². The van der Waals surface area contributed by atoms with Gasteiger partial charge >= 0.3 is 0 Å². The number of nitrogens with zero attached hydrogens (tertiary/aromatic N) is 1. The van der Waals surface area contributed by atoms with E-state index in [0.717, 1.165) is 5.56 Å². The van der Waals surface area contributed by atoms with E-state index in [2.05, 4.69) is 29.1 Å². The number of aromatic amines is 1.